The van der Waals surface area contributed by atoms with Crippen LogP contribution in [-0.4, -0.2) is 40.6 Å². The third-order valence-corrected chi connectivity index (χ3v) is 6.94. The van der Waals surface area contributed by atoms with E-state index in [2.05, 4.69) is 5.32 Å². The normalized spacial score (nSPS) is 18.6. The molecule has 3 amide bonds. The third kappa shape index (κ3) is 3.46. The first kappa shape index (κ1) is 18.8. The number of para-hydroxylation sites is 1. The van der Waals surface area contributed by atoms with Gasteiger partial charge in [-0.1, -0.05) is 18.2 Å². The standard InChI is InChI=1S/C21H22FN3O2S/c1-15-4-2-3-5-18(15)23-20(27)24-12-10-21(11-13-24)25(19(26)14-28-21)17-8-6-16(22)7-9-17/h2-9H,10-14H2,1H3,(H,23,27). The molecule has 146 valence electrons. The second-order valence-corrected chi connectivity index (χ2v) is 8.51. The van der Waals surface area contributed by atoms with Gasteiger partial charge < -0.3 is 10.2 Å². The molecular formula is C21H22FN3O2S. The Labute approximate surface area is 167 Å². The van der Waals surface area contributed by atoms with Gasteiger partial charge in [0.1, 0.15) is 5.82 Å². The maximum absolute atomic E-state index is 13.3. The van der Waals surface area contributed by atoms with Gasteiger partial charge in [-0.05, 0) is 55.7 Å². The van der Waals surface area contributed by atoms with Gasteiger partial charge in [-0.3, -0.25) is 9.69 Å². The van der Waals surface area contributed by atoms with E-state index in [0.717, 1.165) is 11.3 Å². The van der Waals surface area contributed by atoms with E-state index in [4.69, 9.17) is 0 Å². The molecule has 0 aliphatic carbocycles. The maximum atomic E-state index is 13.3. The number of amides is 3. The maximum Gasteiger partial charge on any atom is 0.321 e. The Kier molecular flexibility index (Phi) is 5.02. The zero-order chi connectivity index (χ0) is 19.7. The molecule has 2 fully saturated rings. The number of carbonyl (C=O) groups excluding carboxylic acids is 2. The second-order valence-electron chi connectivity index (χ2n) is 7.17. The van der Waals surface area contributed by atoms with Crippen molar-refractivity contribution in [3.63, 3.8) is 0 Å². The molecule has 0 aromatic heterocycles. The molecule has 0 unspecified atom stereocenters. The van der Waals surface area contributed by atoms with Gasteiger partial charge in [0.2, 0.25) is 5.91 Å². The van der Waals surface area contributed by atoms with Gasteiger partial charge in [0.15, 0.2) is 0 Å². The number of benzene rings is 2. The second kappa shape index (κ2) is 7.47. The molecule has 2 aromatic carbocycles. The predicted molar refractivity (Wildman–Crippen MR) is 110 cm³/mol. The van der Waals surface area contributed by atoms with Crippen molar-refractivity contribution in [2.75, 3.05) is 29.1 Å². The predicted octanol–water partition coefficient (Wildman–Crippen LogP) is 4.24. The number of hydrogen-bond acceptors (Lipinski definition) is 3. The van der Waals surface area contributed by atoms with Gasteiger partial charge in [-0.25, -0.2) is 9.18 Å². The highest BCUT2D eigenvalue weighted by atomic mass is 32.2. The molecule has 4 rings (SSSR count). The Morgan fingerprint density at radius 1 is 1.11 bits per heavy atom. The van der Waals surface area contributed by atoms with E-state index >= 15 is 0 Å². The molecule has 5 nitrogen and oxygen atoms in total. The zero-order valence-corrected chi connectivity index (χ0v) is 16.5. The summed E-state index contributed by atoms with van der Waals surface area (Å²) in [7, 11) is 0. The van der Waals surface area contributed by atoms with E-state index in [-0.39, 0.29) is 22.6 Å². The topological polar surface area (TPSA) is 52.7 Å². The molecule has 2 heterocycles. The Hall–Kier alpha value is -2.54. The highest BCUT2D eigenvalue weighted by Gasteiger charge is 2.49. The largest absolute Gasteiger partial charge is 0.324 e. The summed E-state index contributed by atoms with van der Waals surface area (Å²) in [6, 6.07) is 13.6. The fourth-order valence-electron chi connectivity index (χ4n) is 3.86. The molecule has 2 saturated heterocycles. The molecule has 0 saturated carbocycles. The Morgan fingerprint density at radius 2 is 1.79 bits per heavy atom. The summed E-state index contributed by atoms with van der Waals surface area (Å²) in [6.45, 7) is 3.09. The van der Waals surface area contributed by atoms with Crippen LogP contribution in [0.3, 0.4) is 0 Å². The quantitative estimate of drug-likeness (QED) is 0.822. The summed E-state index contributed by atoms with van der Waals surface area (Å²) in [5, 5.41) is 2.97. The summed E-state index contributed by atoms with van der Waals surface area (Å²) in [5.74, 6) is 0.126. The summed E-state index contributed by atoms with van der Waals surface area (Å²) < 4.78 is 13.3. The molecule has 28 heavy (non-hydrogen) atoms. The highest BCUT2D eigenvalue weighted by Crippen LogP contribution is 2.46. The van der Waals surface area contributed by atoms with E-state index in [1.165, 1.54) is 12.1 Å². The molecule has 0 atom stereocenters. The van der Waals surface area contributed by atoms with Crippen LogP contribution >= 0.6 is 11.8 Å². The minimum absolute atomic E-state index is 0.0365. The molecular weight excluding hydrogens is 377 g/mol. The Balaban J connectivity index is 1.46. The summed E-state index contributed by atoms with van der Waals surface area (Å²) in [5.41, 5.74) is 2.55. The molecule has 7 heteroatoms. The SMILES string of the molecule is Cc1ccccc1NC(=O)N1CCC2(CC1)SCC(=O)N2c1ccc(F)cc1. The van der Waals surface area contributed by atoms with Crippen LogP contribution in [-0.2, 0) is 4.79 Å². The minimum atomic E-state index is -0.367. The van der Waals surface area contributed by atoms with E-state index in [1.54, 1.807) is 33.7 Å². The summed E-state index contributed by atoms with van der Waals surface area (Å²) in [6.07, 6.45) is 1.37. The lowest BCUT2D eigenvalue weighted by Gasteiger charge is -2.43. The molecule has 1 spiro atoms. The number of hydrogen-bond donors (Lipinski definition) is 1. The van der Waals surface area contributed by atoms with E-state index in [1.807, 2.05) is 31.2 Å². The van der Waals surface area contributed by atoms with Crippen molar-refractivity contribution in [2.45, 2.75) is 24.6 Å². The molecule has 2 aliphatic rings. The average Bonchev–Trinajstić information content (AvgIpc) is 3.01. The van der Waals surface area contributed by atoms with Gasteiger partial charge >= 0.3 is 6.03 Å². The van der Waals surface area contributed by atoms with Crippen LogP contribution in [0.4, 0.5) is 20.6 Å². The molecule has 2 aromatic rings. The van der Waals surface area contributed by atoms with Gasteiger partial charge in [0.05, 0.1) is 10.6 Å². The first-order chi connectivity index (χ1) is 13.5. The first-order valence-corrected chi connectivity index (χ1v) is 10.3. The number of halogens is 1. The van der Waals surface area contributed by atoms with E-state index in [0.29, 0.717) is 37.4 Å². The Morgan fingerprint density at radius 3 is 2.46 bits per heavy atom. The number of likely N-dealkylation sites (tertiary alicyclic amines) is 1. The van der Waals surface area contributed by atoms with Crippen LogP contribution in [0, 0.1) is 12.7 Å². The number of anilines is 2. The average molecular weight is 399 g/mol. The fraction of sp³-hybridized carbons (Fsp3) is 0.333. The van der Waals surface area contributed by atoms with Crippen molar-refractivity contribution in [1.29, 1.82) is 0 Å². The number of carbonyl (C=O) groups is 2. The molecule has 0 radical (unpaired) electrons. The highest BCUT2D eigenvalue weighted by molar-refractivity contribution is 8.02. The molecule has 2 aliphatic heterocycles. The number of thioether (sulfide) groups is 1. The van der Waals surface area contributed by atoms with Crippen LogP contribution in [0.15, 0.2) is 48.5 Å². The number of piperidine rings is 1. The number of nitrogens with one attached hydrogen (secondary N) is 1. The van der Waals surface area contributed by atoms with E-state index < -0.39 is 0 Å². The van der Waals surface area contributed by atoms with Crippen LogP contribution in [0.25, 0.3) is 0 Å². The molecule has 1 N–H and O–H groups in total. The van der Waals surface area contributed by atoms with Crippen LogP contribution < -0.4 is 10.2 Å². The van der Waals surface area contributed by atoms with Crippen molar-refractivity contribution < 1.29 is 14.0 Å². The van der Waals surface area contributed by atoms with Crippen molar-refractivity contribution in [1.82, 2.24) is 4.90 Å². The first-order valence-electron chi connectivity index (χ1n) is 9.33. The number of rotatable bonds is 2. The molecule has 0 bridgehead atoms. The summed E-state index contributed by atoms with van der Waals surface area (Å²) in [4.78, 5) is 28.4. The van der Waals surface area contributed by atoms with Crippen LogP contribution in [0.1, 0.15) is 18.4 Å². The number of urea groups is 1. The van der Waals surface area contributed by atoms with Crippen molar-refractivity contribution >= 4 is 35.1 Å². The number of aryl methyl sites for hydroxylation is 1. The van der Waals surface area contributed by atoms with Gasteiger partial charge in [-0.2, -0.15) is 0 Å². The Bertz CT molecular complexity index is 895. The van der Waals surface area contributed by atoms with Crippen molar-refractivity contribution in [3.05, 3.63) is 59.9 Å². The lowest BCUT2D eigenvalue weighted by atomic mass is 10.0. The van der Waals surface area contributed by atoms with Gasteiger partial charge in [0, 0.05) is 24.5 Å². The lowest BCUT2D eigenvalue weighted by Crippen LogP contribution is -2.53. The fourth-order valence-corrected chi connectivity index (χ4v) is 5.19. The van der Waals surface area contributed by atoms with Gasteiger partial charge in [-0.15, -0.1) is 11.8 Å². The summed E-state index contributed by atoms with van der Waals surface area (Å²) >= 11 is 1.63. The van der Waals surface area contributed by atoms with Gasteiger partial charge in [0.25, 0.3) is 0 Å². The third-order valence-electron chi connectivity index (χ3n) is 5.42. The minimum Gasteiger partial charge on any atom is -0.324 e. The monoisotopic (exact) mass is 399 g/mol. The number of nitrogens with zero attached hydrogens (tertiary/aromatic N) is 2. The lowest BCUT2D eigenvalue weighted by molar-refractivity contribution is -0.116. The van der Waals surface area contributed by atoms with Crippen LogP contribution in [0.2, 0.25) is 0 Å². The van der Waals surface area contributed by atoms with E-state index in [9.17, 15) is 14.0 Å². The zero-order valence-electron chi connectivity index (χ0n) is 15.7. The van der Waals surface area contributed by atoms with Crippen molar-refractivity contribution in [2.24, 2.45) is 0 Å². The van der Waals surface area contributed by atoms with Crippen molar-refractivity contribution in [3.8, 4) is 0 Å². The smallest absolute Gasteiger partial charge is 0.321 e. The van der Waals surface area contributed by atoms with Crippen LogP contribution in [0.5, 0.6) is 0 Å².